The smallest absolute Gasteiger partial charge is 0.318 e. The number of nitrogens with zero attached hydrogens (tertiary/aromatic N) is 6. The largest absolute Gasteiger partial charge is 0.337 e. The molecule has 120 valence electrons. The Hall–Kier alpha value is -2.45. The lowest BCUT2D eigenvalue weighted by Crippen LogP contribution is -2.41. The van der Waals surface area contributed by atoms with Gasteiger partial charge >= 0.3 is 6.03 Å². The predicted molar refractivity (Wildman–Crippen MR) is 77.7 cm³/mol. The summed E-state index contributed by atoms with van der Waals surface area (Å²) < 4.78 is 6.90. The highest BCUT2D eigenvalue weighted by Crippen LogP contribution is 2.09. The lowest BCUT2D eigenvalue weighted by atomic mass is 10.3. The predicted octanol–water partition coefficient (Wildman–Crippen LogP) is 1.05. The van der Waals surface area contributed by atoms with Gasteiger partial charge in [-0.1, -0.05) is 12.1 Å². The van der Waals surface area contributed by atoms with E-state index in [4.69, 9.17) is 4.52 Å². The van der Waals surface area contributed by atoms with Gasteiger partial charge in [0.15, 0.2) is 11.6 Å². The van der Waals surface area contributed by atoms with Crippen LogP contribution in [0, 0.1) is 0 Å². The van der Waals surface area contributed by atoms with Crippen molar-refractivity contribution in [3.8, 4) is 0 Å². The van der Waals surface area contributed by atoms with E-state index in [1.54, 1.807) is 15.8 Å². The molecule has 9 nitrogen and oxygen atoms in total. The molecule has 0 saturated heterocycles. The second kappa shape index (κ2) is 7.01. The highest BCUT2D eigenvalue weighted by molar-refractivity contribution is 5.74. The van der Waals surface area contributed by atoms with Crippen molar-refractivity contribution in [3.63, 3.8) is 0 Å². The molecule has 2 amide bonds. The zero-order chi connectivity index (χ0) is 16.1. The molecular weight excluding hydrogens is 286 g/mol. The van der Waals surface area contributed by atoms with E-state index < -0.39 is 0 Å². The normalized spacial score (nSPS) is 12.2. The van der Waals surface area contributed by atoms with Gasteiger partial charge in [0, 0.05) is 20.0 Å². The summed E-state index contributed by atoms with van der Waals surface area (Å²) in [6, 6.07) is -0.461. The molecule has 2 heterocycles. The standard InChI is InChI=1S/C13H21N7O2/c1-5-10-16-11(22-18-10)7-20(6-2)13(21)15-9(3)12-17-14-8-19(12)4/h8-9H,5-7H2,1-4H3,(H,15,21)/t9-/m1/s1. The van der Waals surface area contributed by atoms with Crippen molar-refractivity contribution >= 4 is 6.03 Å². The van der Waals surface area contributed by atoms with Crippen molar-refractivity contribution in [2.75, 3.05) is 6.54 Å². The van der Waals surface area contributed by atoms with Gasteiger partial charge in [-0.3, -0.25) is 0 Å². The van der Waals surface area contributed by atoms with Crippen molar-refractivity contribution in [1.82, 2.24) is 35.1 Å². The lowest BCUT2D eigenvalue weighted by Gasteiger charge is -2.22. The number of nitrogens with one attached hydrogen (secondary N) is 1. The minimum Gasteiger partial charge on any atom is -0.337 e. The van der Waals surface area contributed by atoms with Crippen LogP contribution in [0.2, 0.25) is 0 Å². The van der Waals surface area contributed by atoms with Crippen LogP contribution in [0.1, 0.15) is 44.4 Å². The van der Waals surface area contributed by atoms with Crippen LogP contribution in [0.3, 0.4) is 0 Å². The molecule has 2 rings (SSSR count). The molecular formula is C13H21N7O2. The van der Waals surface area contributed by atoms with Crippen molar-refractivity contribution in [3.05, 3.63) is 23.9 Å². The molecule has 0 saturated carbocycles. The molecule has 0 bridgehead atoms. The molecule has 2 aromatic rings. The summed E-state index contributed by atoms with van der Waals surface area (Å²) in [5.74, 6) is 1.76. The zero-order valence-corrected chi connectivity index (χ0v) is 13.3. The Morgan fingerprint density at radius 1 is 1.50 bits per heavy atom. The van der Waals surface area contributed by atoms with Crippen molar-refractivity contribution < 1.29 is 9.32 Å². The van der Waals surface area contributed by atoms with Gasteiger partial charge in [0.2, 0.25) is 5.89 Å². The van der Waals surface area contributed by atoms with Crippen LogP contribution >= 0.6 is 0 Å². The number of hydrogen-bond donors (Lipinski definition) is 1. The van der Waals surface area contributed by atoms with Gasteiger partial charge in [-0.05, 0) is 13.8 Å². The number of rotatable bonds is 6. The average Bonchev–Trinajstić information content (AvgIpc) is 3.12. The van der Waals surface area contributed by atoms with E-state index in [1.807, 2.05) is 27.8 Å². The fraction of sp³-hybridized carbons (Fsp3) is 0.615. The van der Waals surface area contributed by atoms with Crippen LogP contribution in [0.4, 0.5) is 4.79 Å². The number of amides is 2. The number of aromatic nitrogens is 5. The van der Waals surface area contributed by atoms with E-state index in [0.717, 1.165) is 0 Å². The van der Waals surface area contributed by atoms with E-state index in [1.165, 1.54) is 0 Å². The molecule has 0 radical (unpaired) electrons. The van der Waals surface area contributed by atoms with Crippen molar-refractivity contribution in [1.29, 1.82) is 0 Å². The molecule has 0 unspecified atom stereocenters. The Morgan fingerprint density at radius 2 is 2.27 bits per heavy atom. The summed E-state index contributed by atoms with van der Waals surface area (Å²) in [6.07, 6.45) is 2.30. The molecule has 1 N–H and O–H groups in total. The van der Waals surface area contributed by atoms with E-state index in [2.05, 4.69) is 25.7 Å². The van der Waals surface area contributed by atoms with Crippen molar-refractivity contribution in [2.45, 2.75) is 39.8 Å². The van der Waals surface area contributed by atoms with Crippen LogP contribution in [-0.2, 0) is 20.0 Å². The maximum atomic E-state index is 12.3. The van der Waals surface area contributed by atoms with E-state index in [-0.39, 0.29) is 18.6 Å². The van der Waals surface area contributed by atoms with Crippen molar-refractivity contribution in [2.24, 2.45) is 7.05 Å². The number of urea groups is 1. The van der Waals surface area contributed by atoms with E-state index >= 15 is 0 Å². The van der Waals surface area contributed by atoms with Crippen LogP contribution in [0.25, 0.3) is 0 Å². The van der Waals surface area contributed by atoms with Gasteiger partial charge in [0.05, 0.1) is 6.04 Å². The molecule has 22 heavy (non-hydrogen) atoms. The summed E-state index contributed by atoms with van der Waals surface area (Å²) >= 11 is 0. The Balaban J connectivity index is 1.98. The summed E-state index contributed by atoms with van der Waals surface area (Å²) in [5.41, 5.74) is 0. The first-order valence-electron chi connectivity index (χ1n) is 7.25. The Labute approximate surface area is 128 Å². The maximum Gasteiger partial charge on any atom is 0.318 e. The third-order valence-electron chi connectivity index (χ3n) is 3.30. The third-order valence-corrected chi connectivity index (χ3v) is 3.30. The van der Waals surface area contributed by atoms with Gasteiger partial charge in [-0.25, -0.2) is 4.79 Å². The Bertz CT molecular complexity index is 621. The van der Waals surface area contributed by atoms with Gasteiger partial charge < -0.3 is 19.3 Å². The molecule has 0 fully saturated rings. The topological polar surface area (TPSA) is 102 Å². The fourth-order valence-electron chi connectivity index (χ4n) is 2.01. The first kappa shape index (κ1) is 15.9. The molecule has 2 aromatic heterocycles. The minimum atomic E-state index is -0.247. The van der Waals surface area contributed by atoms with Crippen LogP contribution in [-0.4, -0.2) is 42.4 Å². The highest BCUT2D eigenvalue weighted by Gasteiger charge is 2.20. The van der Waals surface area contributed by atoms with Gasteiger partial charge in [-0.15, -0.1) is 10.2 Å². The van der Waals surface area contributed by atoms with Crippen LogP contribution < -0.4 is 5.32 Å². The van der Waals surface area contributed by atoms with Crippen LogP contribution in [0.15, 0.2) is 10.9 Å². The van der Waals surface area contributed by atoms with Crippen LogP contribution in [0.5, 0.6) is 0 Å². The molecule has 0 aliphatic rings. The summed E-state index contributed by atoms with van der Waals surface area (Å²) in [5, 5.41) is 14.5. The van der Waals surface area contributed by atoms with Gasteiger partial charge in [-0.2, -0.15) is 4.98 Å². The fourth-order valence-corrected chi connectivity index (χ4v) is 2.01. The molecule has 0 aromatic carbocycles. The molecule has 0 spiro atoms. The quantitative estimate of drug-likeness (QED) is 0.856. The second-order valence-corrected chi connectivity index (χ2v) is 4.94. The number of aryl methyl sites for hydroxylation is 2. The number of hydrogen-bond acceptors (Lipinski definition) is 6. The van der Waals surface area contributed by atoms with E-state index in [9.17, 15) is 4.79 Å². The maximum absolute atomic E-state index is 12.3. The minimum absolute atomic E-state index is 0.214. The highest BCUT2D eigenvalue weighted by atomic mass is 16.5. The summed E-state index contributed by atoms with van der Waals surface area (Å²) in [6.45, 7) is 6.50. The third kappa shape index (κ3) is 3.60. The van der Waals surface area contributed by atoms with Gasteiger partial charge in [0.25, 0.3) is 0 Å². The molecule has 0 aliphatic carbocycles. The average molecular weight is 307 g/mol. The Morgan fingerprint density at radius 3 is 2.82 bits per heavy atom. The SMILES string of the molecule is CCc1noc(CN(CC)C(=O)N[C@H](C)c2nncn2C)n1. The summed E-state index contributed by atoms with van der Waals surface area (Å²) in [4.78, 5) is 18.2. The monoisotopic (exact) mass is 307 g/mol. The second-order valence-electron chi connectivity index (χ2n) is 4.94. The molecule has 9 heteroatoms. The number of carbonyl (C=O) groups is 1. The Kier molecular flexibility index (Phi) is 5.08. The zero-order valence-electron chi connectivity index (χ0n) is 13.3. The number of carbonyl (C=O) groups excluding carboxylic acids is 1. The summed E-state index contributed by atoms with van der Waals surface area (Å²) in [7, 11) is 1.83. The lowest BCUT2D eigenvalue weighted by molar-refractivity contribution is 0.186. The first-order valence-corrected chi connectivity index (χ1v) is 7.25. The van der Waals surface area contributed by atoms with E-state index in [0.29, 0.717) is 30.5 Å². The first-order chi connectivity index (χ1) is 10.5. The molecule has 1 atom stereocenters. The van der Waals surface area contributed by atoms with Gasteiger partial charge in [0.1, 0.15) is 12.9 Å². The molecule has 0 aliphatic heterocycles.